The first-order chi connectivity index (χ1) is 11.2. The van der Waals surface area contributed by atoms with Gasteiger partial charge < -0.3 is 9.64 Å². The number of amides is 1. The van der Waals surface area contributed by atoms with E-state index in [1.807, 2.05) is 0 Å². The number of halogens is 3. The molecule has 0 N–H and O–H groups in total. The number of alkyl halides is 3. The minimum atomic E-state index is -4.33. The lowest BCUT2D eigenvalue weighted by Crippen LogP contribution is -2.38. The monoisotopic (exact) mass is 347 g/mol. The quantitative estimate of drug-likeness (QED) is 0.823. The maximum Gasteiger partial charge on any atom is 0.408 e. The second-order valence-electron chi connectivity index (χ2n) is 6.36. The second-order valence-corrected chi connectivity index (χ2v) is 6.36. The Morgan fingerprint density at radius 2 is 2.08 bits per heavy atom. The Morgan fingerprint density at radius 1 is 1.38 bits per heavy atom. The summed E-state index contributed by atoms with van der Waals surface area (Å²) in [5.41, 5.74) is 1.42. The molecule has 0 radical (unpaired) electrons. The molecule has 2 heterocycles. The number of hydrogen-bond acceptors (Lipinski definition) is 3. The fourth-order valence-corrected chi connectivity index (χ4v) is 2.96. The third kappa shape index (κ3) is 4.96. The van der Waals surface area contributed by atoms with Gasteiger partial charge in [0, 0.05) is 31.5 Å². The predicted octanol–water partition coefficient (Wildman–Crippen LogP) is 2.63. The van der Waals surface area contributed by atoms with E-state index >= 15 is 0 Å². The van der Waals surface area contributed by atoms with Crippen LogP contribution in [0, 0.1) is 13.8 Å². The van der Waals surface area contributed by atoms with Crippen molar-refractivity contribution in [1.82, 2.24) is 14.7 Å². The summed E-state index contributed by atoms with van der Waals surface area (Å²) in [5.74, 6) is -0.137. The van der Waals surface area contributed by atoms with E-state index in [2.05, 4.69) is 5.10 Å². The number of ether oxygens (including phenoxy) is 1. The van der Waals surface area contributed by atoms with Gasteiger partial charge in [-0.15, -0.1) is 0 Å². The van der Waals surface area contributed by atoms with Crippen LogP contribution in [-0.2, 0) is 22.5 Å². The van der Waals surface area contributed by atoms with E-state index in [1.54, 1.807) is 25.8 Å². The van der Waals surface area contributed by atoms with Crippen molar-refractivity contribution in [2.45, 2.75) is 58.4 Å². The average molecular weight is 347 g/mol. The van der Waals surface area contributed by atoms with E-state index in [0.29, 0.717) is 23.5 Å². The standard InChI is InChI=1S/C16H24F3N3O2/c1-11-14(12(2)22(20-11)10-16(17,18)19)8-15(23)21(3)9-13-6-4-5-7-24-13/h13H,4-10H2,1-3H3. The molecule has 1 aliphatic rings. The molecule has 0 aliphatic carbocycles. The fraction of sp³-hybridized carbons (Fsp3) is 0.750. The van der Waals surface area contributed by atoms with Crippen LogP contribution in [0.1, 0.15) is 36.2 Å². The summed E-state index contributed by atoms with van der Waals surface area (Å²) in [5, 5.41) is 3.92. The number of likely N-dealkylation sites (N-methyl/N-ethyl adjacent to an activating group) is 1. The summed E-state index contributed by atoms with van der Waals surface area (Å²) in [6, 6.07) is 0. The van der Waals surface area contributed by atoms with Gasteiger partial charge in [0.15, 0.2) is 0 Å². The van der Waals surface area contributed by atoms with Crippen molar-refractivity contribution >= 4 is 5.91 Å². The first kappa shape index (κ1) is 18.8. The van der Waals surface area contributed by atoms with Crippen LogP contribution >= 0.6 is 0 Å². The van der Waals surface area contributed by atoms with Crippen molar-refractivity contribution in [3.8, 4) is 0 Å². The van der Waals surface area contributed by atoms with Crippen LogP contribution in [0.3, 0.4) is 0 Å². The van der Waals surface area contributed by atoms with Crippen molar-refractivity contribution in [2.75, 3.05) is 20.2 Å². The number of aromatic nitrogens is 2. The average Bonchev–Trinajstić information content (AvgIpc) is 2.74. The van der Waals surface area contributed by atoms with Crippen LogP contribution in [0.4, 0.5) is 13.2 Å². The van der Waals surface area contributed by atoms with Crippen molar-refractivity contribution in [1.29, 1.82) is 0 Å². The Labute approximate surface area is 139 Å². The van der Waals surface area contributed by atoms with Crippen LogP contribution < -0.4 is 0 Å². The van der Waals surface area contributed by atoms with E-state index in [0.717, 1.165) is 30.6 Å². The zero-order chi connectivity index (χ0) is 17.9. The molecule has 1 unspecified atom stereocenters. The van der Waals surface area contributed by atoms with Gasteiger partial charge in [-0.1, -0.05) is 0 Å². The highest BCUT2D eigenvalue weighted by Gasteiger charge is 2.30. The van der Waals surface area contributed by atoms with Crippen LogP contribution in [0.25, 0.3) is 0 Å². The third-order valence-corrected chi connectivity index (χ3v) is 4.37. The zero-order valence-electron chi connectivity index (χ0n) is 14.3. The maximum atomic E-state index is 12.6. The summed E-state index contributed by atoms with van der Waals surface area (Å²) in [6.45, 7) is 3.29. The Hall–Kier alpha value is -1.57. The topological polar surface area (TPSA) is 47.4 Å². The summed E-state index contributed by atoms with van der Waals surface area (Å²) >= 11 is 0. The molecule has 1 aromatic heterocycles. The van der Waals surface area contributed by atoms with E-state index < -0.39 is 12.7 Å². The second kappa shape index (κ2) is 7.55. The van der Waals surface area contributed by atoms with E-state index in [1.165, 1.54) is 0 Å². The van der Waals surface area contributed by atoms with Gasteiger partial charge in [0.05, 0.1) is 18.2 Å². The molecule has 0 spiro atoms. The van der Waals surface area contributed by atoms with Gasteiger partial charge in [-0.3, -0.25) is 9.48 Å². The number of hydrogen-bond donors (Lipinski definition) is 0. The number of carbonyl (C=O) groups is 1. The van der Waals surface area contributed by atoms with Gasteiger partial charge in [0.1, 0.15) is 6.54 Å². The molecule has 5 nitrogen and oxygen atoms in total. The van der Waals surface area contributed by atoms with Crippen LogP contribution in [0.15, 0.2) is 0 Å². The van der Waals surface area contributed by atoms with Gasteiger partial charge >= 0.3 is 6.18 Å². The van der Waals surface area contributed by atoms with Crippen molar-refractivity contribution in [2.24, 2.45) is 0 Å². The van der Waals surface area contributed by atoms with Crippen LogP contribution in [-0.4, -0.2) is 53.1 Å². The van der Waals surface area contributed by atoms with Crippen molar-refractivity contribution in [3.63, 3.8) is 0 Å². The van der Waals surface area contributed by atoms with E-state index in [-0.39, 0.29) is 18.4 Å². The van der Waals surface area contributed by atoms with E-state index in [9.17, 15) is 18.0 Å². The van der Waals surface area contributed by atoms with Gasteiger partial charge in [0.2, 0.25) is 5.91 Å². The lowest BCUT2D eigenvalue weighted by molar-refractivity contribution is -0.143. The highest BCUT2D eigenvalue weighted by molar-refractivity contribution is 5.79. The summed E-state index contributed by atoms with van der Waals surface area (Å²) in [7, 11) is 1.70. The molecule has 1 aliphatic heterocycles. The normalized spacial score (nSPS) is 18.7. The smallest absolute Gasteiger partial charge is 0.376 e. The molecule has 24 heavy (non-hydrogen) atoms. The maximum absolute atomic E-state index is 12.6. The summed E-state index contributed by atoms with van der Waals surface area (Å²) in [4.78, 5) is 14.0. The fourth-order valence-electron chi connectivity index (χ4n) is 2.96. The lowest BCUT2D eigenvalue weighted by atomic mass is 10.1. The molecule has 1 atom stereocenters. The highest BCUT2D eigenvalue weighted by atomic mass is 19.4. The molecule has 8 heteroatoms. The third-order valence-electron chi connectivity index (χ3n) is 4.37. The SMILES string of the molecule is Cc1nn(CC(F)(F)F)c(C)c1CC(=O)N(C)CC1CCCCO1. The number of nitrogens with zero attached hydrogens (tertiary/aromatic N) is 3. The Kier molecular flexibility index (Phi) is 5.90. The molecular formula is C16H24F3N3O2. The molecule has 1 fully saturated rings. The molecule has 136 valence electrons. The molecule has 1 amide bonds. The Morgan fingerprint density at radius 3 is 2.67 bits per heavy atom. The lowest BCUT2D eigenvalue weighted by Gasteiger charge is -2.27. The van der Waals surface area contributed by atoms with Gasteiger partial charge in [0.25, 0.3) is 0 Å². The van der Waals surface area contributed by atoms with Crippen molar-refractivity contribution < 1.29 is 22.7 Å². The van der Waals surface area contributed by atoms with Gasteiger partial charge in [-0.05, 0) is 33.1 Å². The number of rotatable bonds is 5. The molecule has 0 bridgehead atoms. The largest absolute Gasteiger partial charge is 0.408 e. The molecule has 0 aromatic carbocycles. The Bertz CT molecular complexity index is 578. The molecule has 1 saturated heterocycles. The van der Waals surface area contributed by atoms with E-state index in [4.69, 9.17) is 4.74 Å². The minimum absolute atomic E-state index is 0.0443. The molecule has 1 aromatic rings. The minimum Gasteiger partial charge on any atom is -0.376 e. The number of carbonyl (C=O) groups excluding carboxylic acids is 1. The molecular weight excluding hydrogens is 323 g/mol. The van der Waals surface area contributed by atoms with Gasteiger partial charge in [-0.25, -0.2) is 0 Å². The molecule has 0 saturated carbocycles. The summed E-state index contributed by atoms with van der Waals surface area (Å²) < 4.78 is 44.2. The highest BCUT2D eigenvalue weighted by Crippen LogP contribution is 2.22. The van der Waals surface area contributed by atoms with Gasteiger partial charge in [-0.2, -0.15) is 18.3 Å². The molecule has 2 rings (SSSR count). The van der Waals surface area contributed by atoms with Crippen molar-refractivity contribution in [3.05, 3.63) is 17.0 Å². The predicted molar refractivity (Wildman–Crippen MR) is 82.7 cm³/mol. The summed E-state index contributed by atoms with van der Waals surface area (Å²) in [6.07, 6.45) is -1.17. The first-order valence-corrected chi connectivity index (χ1v) is 8.12. The van der Waals surface area contributed by atoms with Crippen LogP contribution in [0.5, 0.6) is 0 Å². The Balaban J connectivity index is 2.00. The van der Waals surface area contributed by atoms with Crippen LogP contribution in [0.2, 0.25) is 0 Å². The first-order valence-electron chi connectivity index (χ1n) is 8.12. The number of aryl methyl sites for hydroxylation is 1. The zero-order valence-corrected chi connectivity index (χ0v) is 14.3.